The molecule has 3 amide bonds. The van der Waals surface area contributed by atoms with Crippen LogP contribution in [0.15, 0.2) is 54.6 Å². The number of hydrogen-bond donors (Lipinski definition) is 3. The van der Waals surface area contributed by atoms with Gasteiger partial charge in [0.2, 0.25) is 11.8 Å². The van der Waals surface area contributed by atoms with Crippen molar-refractivity contribution in [1.29, 1.82) is 0 Å². The molecule has 2 aromatic rings. The van der Waals surface area contributed by atoms with Crippen LogP contribution in [0.3, 0.4) is 0 Å². The predicted octanol–water partition coefficient (Wildman–Crippen LogP) is 4.33. The van der Waals surface area contributed by atoms with Gasteiger partial charge in [-0.15, -0.1) is 0 Å². The third-order valence-electron chi connectivity index (χ3n) is 5.22. The highest BCUT2D eigenvalue weighted by molar-refractivity contribution is 5.92. The van der Waals surface area contributed by atoms with Crippen molar-refractivity contribution >= 4 is 17.9 Å². The van der Waals surface area contributed by atoms with Crippen LogP contribution in [0.5, 0.6) is 5.75 Å². The van der Waals surface area contributed by atoms with Gasteiger partial charge in [-0.3, -0.25) is 9.59 Å². The second kappa shape index (κ2) is 13.0. The molecule has 2 aromatic carbocycles. The van der Waals surface area contributed by atoms with Crippen LogP contribution < -0.4 is 10.6 Å². The van der Waals surface area contributed by atoms with Gasteiger partial charge in [0, 0.05) is 19.0 Å². The predicted molar refractivity (Wildman–Crippen MR) is 139 cm³/mol. The number of carbonyl (C=O) groups is 3. The van der Waals surface area contributed by atoms with Crippen LogP contribution in [0.1, 0.15) is 65.1 Å². The zero-order valence-corrected chi connectivity index (χ0v) is 22.1. The second-order valence-electron chi connectivity index (χ2n) is 10.1. The summed E-state index contributed by atoms with van der Waals surface area (Å²) in [5, 5.41) is 15.4. The number of rotatable bonds is 10. The monoisotopic (exact) mass is 497 g/mol. The third kappa shape index (κ3) is 8.91. The van der Waals surface area contributed by atoms with Crippen LogP contribution in [0.2, 0.25) is 0 Å². The van der Waals surface area contributed by atoms with Gasteiger partial charge in [-0.1, -0.05) is 49.4 Å². The molecule has 0 spiro atoms. The fourth-order valence-corrected chi connectivity index (χ4v) is 3.80. The molecule has 0 heterocycles. The van der Waals surface area contributed by atoms with E-state index in [9.17, 15) is 19.5 Å². The maximum absolute atomic E-state index is 14.0. The van der Waals surface area contributed by atoms with E-state index in [2.05, 4.69) is 10.6 Å². The van der Waals surface area contributed by atoms with Crippen LogP contribution in [-0.2, 0) is 20.7 Å². The van der Waals surface area contributed by atoms with Crippen LogP contribution in [-0.4, -0.2) is 52.1 Å². The molecular formula is C28H39N3O5. The third-order valence-corrected chi connectivity index (χ3v) is 5.22. The lowest BCUT2D eigenvalue weighted by molar-refractivity contribution is -0.142. The SMILES string of the molecule is CCCN(C(=O)C(Cc1ccccc1)NC(=O)OC(C)(C)C)C(C(=O)NC(C)C)c1ccc(O)cc1. The molecule has 196 valence electrons. The molecular weight excluding hydrogens is 458 g/mol. The quantitative estimate of drug-likeness (QED) is 0.453. The first-order chi connectivity index (χ1) is 16.9. The molecule has 0 aliphatic rings. The first-order valence-corrected chi connectivity index (χ1v) is 12.3. The summed E-state index contributed by atoms with van der Waals surface area (Å²) in [6.07, 6.45) is 0.119. The van der Waals surface area contributed by atoms with E-state index in [1.807, 2.05) is 51.1 Å². The Kier molecular flexibility index (Phi) is 10.3. The van der Waals surface area contributed by atoms with Crippen molar-refractivity contribution in [2.75, 3.05) is 6.54 Å². The van der Waals surface area contributed by atoms with Gasteiger partial charge in [0.25, 0.3) is 0 Å². The van der Waals surface area contributed by atoms with Crippen molar-refractivity contribution in [2.45, 2.75) is 78.1 Å². The van der Waals surface area contributed by atoms with E-state index in [4.69, 9.17) is 4.74 Å². The average Bonchev–Trinajstić information content (AvgIpc) is 2.78. The summed E-state index contributed by atoms with van der Waals surface area (Å²) in [5.74, 6) is -0.680. The van der Waals surface area contributed by atoms with Gasteiger partial charge < -0.3 is 25.4 Å². The Labute approximate surface area is 214 Å². The van der Waals surface area contributed by atoms with Crippen molar-refractivity contribution in [3.8, 4) is 5.75 Å². The summed E-state index contributed by atoms with van der Waals surface area (Å²) in [7, 11) is 0. The van der Waals surface area contributed by atoms with E-state index in [0.717, 1.165) is 5.56 Å². The van der Waals surface area contributed by atoms with Gasteiger partial charge in [-0.25, -0.2) is 4.79 Å². The maximum atomic E-state index is 14.0. The standard InChI is InChI=1S/C28H39N3O5/c1-7-17-31(24(25(33)29-19(2)3)21-13-15-22(32)16-14-21)26(34)23(18-20-11-9-8-10-12-20)30-27(35)36-28(4,5)6/h8-16,19,23-24,32H,7,17-18H2,1-6H3,(H,29,33)(H,30,35). The fourth-order valence-electron chi connectivity index (χ4n) is 3.80. The van der Waals surface area contributed by atoms with Gasteiger partial charge >= 0.3 is 6.09 Å². The number of hydrogen-bond acceptors (Lipinski definition) is 5. The topological polar surface area (TPSA) is 108 Å². The lowest BCUT2D eigenvalue weighted by Gasteiger charge is -2.34. The first-order valence-electron chi connectivity index (χ1n) is 12.3. The van der Waals surface area contributed by atoms with E-state index in [0.29, 0.717) is 12.0 Å². The Bertz CT molecular complexity index is 1000. The molecule has 0 aromatic heterocycles. The molecule has 2 atom stereocenters. The van der Waals surface area contributed by atoms with Gasteiger partial charge in [-0.05, 0) is 64.3 Å². The number of amides is 3. The van der Waals surface area contributed by atoms with E-state index in [1.165, 1.54) is 17.0 Å². The molecule has 0 aliphatic carbocycles. The van der Waals surface area contributed by atoms with Crippen molar-refractivity contribution in [1.82, 2.24) is 15.5 Å². The number of ether oxygens (including phenoxy) is 1. The Morgan fingerprint density at radius 1 is 0.972 bits per heavy atom. The Hall–Kier alpha value is -3.55. The lowest BCUT2D eigenvalue weighted by atomic mass is 9.99. The van der Waals surface area contributed by atoms with Crippen molar-refractivity contribution < 1.29 is 24.2 Å². The normalized spacial score (nSPS) is 13.0. The number of aromatic hydroxyl groups is 1. The smallest absolute Gasteiger partial charge is 0.408 e. The summed E-state index contributed by atoms with van der Waals surface area (Å²) in [6, 6.07) is 13.5. The summed E-state index contributed by atoms with van der Waals surface area (Å²) in [6.45, 7) is 11.2. The number of benzene rings is 2. The van der Waals surface area contributed by atoms with Crippen LogP contribution in [0.25, 0.3) is 0 Å². The van der Waals surface area contributed by atoms with Gasteiger partial charge in [0.05, 0.1) is 0 Å². The number of carbonyl (C=O) groups excluding carboxylic acids is 3. The maximum Gasteiger partial charge on any atom is 0.408 e. The van der Waals surface area contributed by atoms with Crippen molar-refractivity contribution in [3.63, 3.8) is 0 Å². The van der Waals surface area contributed by atoms with E-state index in [-0.39, 0.29) is 30.7 Å². The second-order valence-corrected chi connectivity index (χ2v) is 10.1. The highest BCUT2D eigenvalue weighted by Crippen LogP contribution is 2.25. The van der Waals surface area contributed by atoms with Crippen LogP contribution in [0, 0.1) is 0 Å². The Balaban J connectivity index is 2.49. The highest BCUT2D eigenvalue weighted by Gasteiger charge is 2.36. The van der Waals surface area contributed by atoms with Gasteiger partial charge in [0.15, 0.2) is 0 Å². The summed E-state index contributed by atoms with van der Waals surface area (Å²) < 4.78 is 5.43. The number of nitrogens with zero attached hydrogens (tertiary/aromatic N) is 1. The first kappa shape index (κ1) is 28.7. The zero-order valence-electron chi connectivity index (χ0n) is 22.1. The molecule has 0 radical (unpaired) electrons. The molecule has 0 saturated heterocycles. The molecule has 2 rings (SSSR count). The zero-order chi connectivity index (χ0) is 26.9. The van der Waals surface area contributed by atoms with E-state index in [1.54, 1.807) is 32.9 Å². The Morgan fingerprint density at radius 2 is 1.58 bits per heavy atom. The molecule has 36 heavy (non-hydrogen) atoms. The molecule has 0 bridgehead atoms. The minimum atomic E-state index is -0.958. The van der Waals surface area contributed by atoms with E-state index < -0.39 is 29.7 Å². The van der Waals surface area contributed by atoms with Gasteiger partial charge in [-0.2, -0.15) is 0 Å². The number of nitrogens with one attached hydrogen (secondary N) is 2. The van der Waals surface area contributed by atoms with Crippen LogP contribution in [0.4, 0.5) is 4.79 Å². The highest BCUT2D eigenvalue weighted by atomic mass is 16.6. The molecule has 8 nitrogen and oxygen atoms in total. The summed E-state index contributed by atoms with van der Waals surface area (Å²) in [4.78, 5) is 41.6. The summed E-state index contributed by atoms with van der Waals surface area (Å²) in [5.41, 5.74) is 0.679. The van der Waals surface area contributed by atoms with E-state index >= 15 is 0 Å². The number of alkyl carbamates (subject to hydrolysis) is 1. The van der Waals surface area contributed by atoms with Crippen LogP contribution >= 0.6 is 0 Å². The molecule has 3 N–H and O–H groups in total. The van der Waals surface area contributed by atoms with Gasteiger partial charge in [0.1, 0.15) is 23.4 Å². The molecule has 0 saturated carbocycles. The minimum Gasteiger partial charge on any atom is -0.508 e. The average molecular weight is 498 g/mol. The lowest BCUT2D eigenvalue weighted by Crippen LogP contribution is -2.54. The number of phenolic OH excluding ortho intramolecular Hbond substituents is 1. The van der Waals surface area contributed by atoms with Crippen molar-refractivity contribution in [2.24, 2.45) is 0 Å². The number of phenols is 1. The largest absolute Gasteiger partial charge is 0.508 e. The van der Waals surface area contributed by atoms with Crippen molar-refractivity contribution in [3.05, 3.63) is 65.7 Å². The molecule has 0 aliphatic heterocycles. The molecule has 8 heteroatoms. The molecule has 2 unspecified atom stereocenters. The fraction of sp³-hybridized carbons (Fsp3) is 0.464. The minimum absolute atomic E-state index is 0.0590. The molecule has 0 fully saturated rings. The Morgan fingerprint density at radius 3 is 2.11 bits per heavy atom. The summed E-state index contributed by atoms with van der Waals surface area (Å²) >= 11 is 0.